The van der Waals surface area contributed by atoms with Crippen molar-refractivity contribution >= 4 is 15.9 Å². The van der Waals surface area contributed by atoms with E-state index in [0.29, 0.717) is 5.56 Å². The van der Waals surface area contributed by atoms with Gasteiger partial charge in [-0.2, -0.15) is 13.2 Å². The van der Waals surface area contributed by atoms with Crippen molar-refractivity contribution in [2.45, 2.75) is 25.8 Å². The summed E-state index contributed by atoms with van der Waals surface area (Å²) in [5, 5.41) is 0. The molecule has 0 aliphatic carbocycles. The largest absolute Gasteiger partial charge is 0.414 e. The van der Waals surface area contributed by atoms with Gasteiger partial charge in [-0.05, 0) is 24.6 Å². The van der Waals surface area contributed by atoms with Crippen LogP contribution in [0.25, 0.3) is 0 Å². The molecule has 0 bridgehead atoms. The highest BCUT2D eigenvalue weighted by atomic mass is 79.9. The van der Waals surface area contributed by atoms with E-state index in [9.17, 15) is 13.2 Å². The van der Waals surface area contributed by atoms with E-state index in [-0.39, 0.29) is 6.61 Å². The van der Waals surface area contributed by atoms with Gasteiger partial charge in [0, 0.05) is 4.47 Å². The molecule has 0 aromatic heterocycles. The number of hydrogen-bond donors (Lipinski definition) is 0. The molecule has 0 fully saturated rings. The summed E-state index contributed by atoms with van der Waals surface area (Å²) in [7, 11) is 0. The Hall–Kier alpha value is -0.550. The first kappa shape index (κ1) is 12.5. The Morgan fingerprint density at radius 2 is 1.80 bits per heavy atom. The van der Waals surface area contributed by atoms with Crippen LogP contribution in [0.15, 0.2) is 28.7 Å². The van der Waals surface area contributed by atoms with Crippen LogP contribution in [-0.4, -0.2) is 12.3 Å². The topological polar surface area (TPSA) is 9.23 Å². The molecule has 0 saturated carbocycles. The second kappa shape index (κ2) is 4.99. The SMILES string of the molecule is CC(OCc1ccc(Br)cc1)C(F)(F)F. The predicted molar refractivity (Wildman–Crippen MR) is 54.4 cm³/mol. The molecule has 1 aromatic rings. The lowest BCUT2D eigenvalue weighted by Gasteiger charge is -2.16. The summed E-state index contributed by atoms with van der Waals surface area (Å²) in [6.45, 7) is 0.965. The van der Waals surface area contributed by atoms with Crippen molar-refractivity contribution in [3.05, 3.63) is 34.3 Å². The first-order valence-electron chi connectivity index (χ1n) is 4.32. The van der Waals surface area contributed by atoms with E-state index >= 15 is 0 Å². The molecule has 84 valence electrons. The molecule has 0 N–H and O–H groups in total. The zero-order chi connectivity index (χ0) is 11.5. The molecular formula is C10H10BrF3O. The molecule has 1 atom stereocenters. The second-order valence-electron chi connectivity index (χ2n) is 3.12. The van der Waals surface area contributed by atoms with Crippen molar-refractivity contribution in [3.63, 3.8) is 0 Å². The van der Waals surface area contributed by atoms with Crippen LogP contribution >= 0.6 is 15.9 Å². The molecule has 0 radical (unpaired) electrons. The van der Waals surface area contributed by atoms with Gasteiger partial charge in [-0.3, -0.25) is 0 Å². The van der Waals surface area contributed by atoms with E-state index < -0.39 is 12.3 Å². The molecular weight excluding hydrogens is 273 g/mol. The third kappa shape index (κ3) is 4.22. The van der Waals surface area contributed by atoms with E-state index in [0.717, 1.165) is 11.4 Å². The fraction of sp³-hybridized carbons (Fsp3) is 0.400. The van der Waals surface area contributed by atoms with Crippen LogP contribution in [0, 0.1) is 0 Å². The minimum absolute atomic E-state index is 0.0338. The van der Waals surface area contributed by atoms with Gasteiger partial charge in [0.15, 0.2) is 6.10 Å². The molecule has 15 heavy (non-hydrogen) atoms. The fourth-order valence-electron chi connectivity index (χ4n) is 0.896. The van der Waals surface area contributed by atoms with E-state index in [1.165, 1.54) is 0 Å². The lowest BCUT2D eigenvalue weighted by atomic mass is 10.2. The summed E-state index contributed by atoms with van der Waals surface area (Å²) < 4.78 is 41.8. The lowest BCUT2D eigenvalue weighted by Crippen LogP contribution is -2.28. The molecule has 0 aliphatic heterocycles. The molecule has 5 heteroatoms. The Kier molecular flexibility index (Phi) is 4.16. The van der Waals surface area contributed by atoms with Gasteiger partial charge in [0.05, 0.1) is 6.61 Å². The Labute approximate surface area is 94.4 Å². The Morgan fingerprint density at radius 1 is 1.27 bits per heavy atom. The van der Waals surface area contributed by atoms with E-state index in [1.807, 2.05) is 0 Å². The van der Waals surface area contributed by atoms with Gasteiger partial charge in [0.25, 0.3) is 0 Å². The van der Waals surface area contributed by atoms with Crippen molar-refractivity contribution in [1.82, 2.24) is 0 Å². The lowest BCUT2D eigenvalue weighted by molar-refractivity contribution is -0.217. The predicted octanol–water partition coefficient (Wildman–Crippen LogP) is 3.92. The highest BCUT2D eigenvalue weighted by Gasteiger charge is 2.36. The smallest absolute Gasteiger partial charge is 0.364 e. The molecule has 1 nitrogen and oxygen atoms in total. The minimum Gasteiger partial charge on any atom is -0.364 e. The van der Waals surface area contributed by atoms with Crippen molar-refractivity contribution in [1.29, 1.82) is 0 Å². The minimum atomic E-state index is -4.30. The molecule has 0 saturated heterocycles. The fourth-order valence-corrected chi connectivity index (χ4v) is 1.16. The van der Waals surface area contributed by atoms with Gasteiger partial charge in [-0.25, -0.2) is 0 Å². The number of hydrogen-bond acceptors (Lipinski definition) is 1. The summed E-state index contributed by atoms with van der Waals surface area (Å²) >= 11 is 3.24. The maximum Gasteiger partial charge on any atom is 0.414 e. The van der Waals surface area contributed by atoms with Gasteiger partial charge in [0.1, 0.15) is 0 Å². The highest BCUT2D eigenvalue weighted by molar-refractivity contribution is 9.10. The number of benzene rings is 1. The summed E-state index contributed by atoms with van der Waals surface area (Å²) in [6, 6.07) is 6.95. The van der Waals surface area contributed by atoms with Crippen LogP contribution in [0.2, 0.25) is 0 Å². The second-order valence-corrected chi connectivity index (χ2v) is 4.04. The average molecular weight is 283 g/mol. The highest BCUT2D eigenvalue weighted by Crippen LogP contribution is 2.23. The van der Waals surface area contributed by atoms with Crippen LogP contribution in [0.3, 0.4) is 0 Å². The zero-order valence-corrected chi connectivity index (χ0v) is 9.60. The van der Waals surface area contributed by atoms with Gasteiger partial charge in [0.2, 0.25) is 0 Å². The monoisotopic (exact) mass is 282 g/mol. The molecule has 1 unspecified atom stereocenters. The van der Waals surface area contributed by atoms with Crippen LogP contribution in [0.1, 0.15) is 12.5 Å². The van der Waals surface area contributed by atoms with Crippen LogP contribution in [0.4, 0.5) is 13.2 Å². The third-order valence-corrected chi connectivity index (χ3v) is 2.40. The van der Waals surface area contributed by atoms with E-state index in [1.54, 1.807) is 24.3 Å². The van der Waals surface area contributed by atoms with Crippen molar-refractivity contribution < 1.29 is 17.9 Å². The quantitative estimate of drug-likeness (QED) is 0.817. The summed E-state index contributed by atoms with van der Waals surface area (Å²) in [5.41, 5.74) is 0.717. The molecule has 1 rings (SSSR count). The molecule has 0 spiro atoms. The van der Waals surface area contributed by atoms with Gasteiger partial charge in [-0.1, -0.05) is 28.1 Å². The first-order chi connectivity index (χ1) is 6.89. The third-order valence-electron chi connectivity index (χ3n) is 1.87. The van der Waals surface area contributed by atoms with Gasteiger partial charge in [-0.15, -0.1) is 0 Å². The van der Waals surface area contributed by atoms with Gasteiger partial charge >= 0.3 is 6.18 Å². The summed E-state index contributed by atoms with van der Waals surface area (Å²) in [4.78, 5) is 0. The molecule has 0 aliphatic rings. The van der Waals surface area contributed by atoms with Crippen molar-refractivity contribution in [2.24, 2.45) is 0 Å². The maximum absolute atomic E-state index is 12.1. The Balaban J connectivity index is 2.47. The van der Waals surface area contributed by atoms with Crippen LogP contribution in [-0.2, 0) is 11.3 Å². The van der Waals surface area contributed by atoms with Crippen LogP contribution in [0.5, 0.6) is 0 Å². The standard InChI is InChI=1S/C10H10BrF3O/c1-7(10(12,13)14)15-6-8-2-4-9(11)5-3-8/h2-5,7H,6H2,1H3. The van der Waals surface area contributed by atoms with Crippen molar-refractivity contribution in [3.8, 4) is 0 Å². The molecule has 0 heterocycles. The van der Waals surface area contributed by atoms with E-state index in [4.69, 9.17) is 4.74 Å². The summed E-state index contributed by atoms with van der Waals surface area (Å²) in [6.07, 6.45) is -6.03. The number of alkyl halides is 3. The summed E-state index contributed by atoms with van der Waals surface area (Å²) in [5.74, 6) is 0. The molecule has 0 amide bonds. The zero-order valence-electron chi connectivity index (χ0n) is 8.01. The Morgan fingerprint density at radius 3 is 2.27 bits per heavy atom. The van der Waals surface area contributed by atoms with Crippen molar-refractivity contribution in [2.75, 3.05) is 0 Å². The average Bonchev–Trinajstić information content (AvgIpc) is 2.15. The first-order valence-corrected chi connectivity index (χ1v) is 5.11. The normalized spacial score (nSPS) is 13.9. The number of rotatable bonds is 3. The van der Waals surface area contributed by atoms with E-state index in [2.05, 4.69) is 15.9 Å². The number of halogens is 4. The maximum atomic E-state index is 12.1. The number of ether oxygens (including phenoxy) is 1. The molecule has 1 aromatic carbocycles. The van der Waals surface area contributed by atoms with Crippen LogP contribution < -0.4 is 0 Å². The van der Waals surface area contributed by atoms with Gasteiger partial charge < -0.3 is 4.74 Å². The Bertz CT molecular complexity index is 307.